The van der Waals surface area contributed by atoms with E-state index in [1.165, 1.54) is 6.20 Å². The van der Waals surface area contributed by atoms with Gasteiger partial charge in [-0.3, -0.25) is 0 Å². The molecule has 1 aromatic rings. The van der Waals surface area contributed by atoms with E-state index in [2.05, 4.69) is 9.71 Å². The van der Waals surface area contributed by atoms with E-state index in [0.29, 0.717) is 26.2 Å². The molecule has 0 aromatic carbocycles. The third kappa shape index (κ3) is 5.31. The quantitative estimate of drug-likeness (QED) is 0.744. The van der Waals surface area contributed by atoms with Crippen LogP contribution in [-0.4, -0.2) is 33.2 Å². The van der Waals surface area contributed by atoms with Gasteiger partial charge < -0.3 is 4.74 Å². The first-order chi connectivity index (χ1) is 8.06. The minimum absolute atomic E-state index is 0.136. The number of aromatic nitrogens is 1. The Morgan fingerprint density at radius 2 is 2.29 bits per heavy atom. The van der Waals surface area contributed by atoms with Gasteiger partial charge in [0, 0.05) is 19.8 Å². The summed E-state index contributed by atoms with van der Waals surface area (Å²) in [6, 6.07) is 0. The molecular formula is C9H15ClN2O3S2. The van der Waals surface area contributed by atoms with E-state index >= 15 is 0 Å². The van der Waals surface area contributed by atoms with Gasteiger partial charge in [-0.15, -0.1) is 0 Å². The van der Waals surface area contributed by atoms with Crippen LogP contribution < -0.4 is 4.72 Å². The summed E-state index contributed by atoms with van der Waals surface area (Å²) in [4.78, 5) is 3.69. The monoisotopic (exact) mass is 298 g/mol. The van der Waals surface area contributed by atoms with Crippen LogP contribution in [0.5, 0.6) is 0 Å². The van der Waals surface area contributed by atoms with Crippen LogP contribution in [0.1, 0.15) is 19.8 Å². The van der Waals surface area contributed by atoms with Gasteiger partial charge in [-0.25, -0.2) is 18.1 Å². The Balaban J connectivity index is 2.31. The number of thiazole rings is 1. The van der Waals surface area contributed by atoms with Crippen molar-refractivity contribution in [1.29, 1.82) is 0 Å². The number of nitrogens with one attached hydrogen (secondary N) is 1. The number of sulfonamides is 1. The lowest BCUT2D eigenvalue weighted by Crippen LogP contribution is -2.24. The van der Waals surface area contributed by atoms with Crippen molar-refractivity contribution in [2.24, 2.45) is 0 Å². The van der Waals surface area contributed by atoms with Crippen molar-refractivity contribution in [3.8, 4) is 0 Å². The fraction of sp³-hybridized carbons (Fsp3) is 0.667. The minimum Gasteiger partial charge on any atom is -0.381 e. The Bertz CT molecular complexity index is 433. The number of halogens is 1. The normalized spacial score (nSPS) is 11.9. The zero-order chi connectivity index (χ0) is 12.7. The van der Waals surface area contributed by atoms with Crippen LogP contribution in [0.3, 0.4) is 0 Å². The van der Waals surface area contributed by atoms with Crippen molar-refractivity contribution in [3.05, 3.63) is 10.7 Å². The summed E-state index contributed by atoms with van der Waals surface area (Å²) >= 11 is 6.52. The van der Waals surface area contributed by atoms with Gasteiger partial charge in [-0.05, 0) is 12.8 Å². The van der Waals surface area contributed by atoms with Gasteiger partial charge in [-0.1, -0.05) is 29.9 Å². The van der Waals surface area contributed by atoms with Crippen molar-refractivity contribution < 1.29 is 13.2 Å². The van der Waals surface area contributed by atoms with Crippen LogP contribution in [0.15, 0.2) is 10.4 Å². The molecule has 0 fully saturated rings. The maximum absolute atomic E-state index is 11.7. The highest BCUT2D eigenvalue weighted by atomic mass is 35.5. The van der Waals surface area contributed by atoms with Gasteiger partial charge in [0.15, 0.2) is 8.68 Å². The number of ether oxygens (including phenoxy) is 1. The third-order valence-corrected chi connectivity index (χ3v) is 4.86. The highest BCUT2D eigenvalue weighted by Gasteiger charge is 2.16. The first kappa shape index (κ1) is 14.8. The van der Waals surface area contributed by atoms with E-state index in [-0.39, 0.29) is 8.68 Å². The second kappa shape index (κ2) is 7.27. The number of rotatable bonds is 8. The molecule has 1 rings (SSSR count). The van der Waals surface area contributed by atoms with E-state index in [4.69, 9.17) is 16.3 Å². The molecule has 0 aliphatic rings. The minimum atomic E-state index is -3.47. The first-order valence-electron chi connectivity index (χ1n) is 5.25. The summed E-state index contributed by atoms with van der Waals surface area (Å²) in [6.07, 6.45) is 2.86. The predicted octanol–water partition coefficient (Wildman–Crippen LogP) is 1.89. The van der Waals surface area contributed by atoms with Crippen LogP contribution in [0.2, 0.25) is 4.47 Å². The highest BCUT2D eigenvalue weighted by molar-refractivity contribution is 7.91. The summed E-state index contributed by atoms with van der Waals surface area (Å²) in [7, 11) is -3.47. The lowest BCUT2D eigenvalue weighted by atomic mass is 10.4. The molecule has 0 atom stereocenters. The van der Waals surface area contributed by atoms with E-state index in [9.17, 15) is 8.42 Å². The predicted molar refractivity (Wildman–Crippen MR) is 68.0 cm³/mol. The van der Waals surface area contributed by atoms with Gasteiger partial charge in [0.25, 0.3) is 10.0 Å². The van der Waals surface area contributed by atoms with Crippen molar-refractivity contribution in [2.75, 3.05) is 19.8 Å². The molecule has 0 unspecified atom stereocenters. The zero-order valence-electron chi connectivity index (χ0n) is 9.48. The Labute approximate surface area is 110 Å². The van der Waals surface area contributed by atoms with Crippen molar-refractivity contribution in [2.45, 2.75) is 24.0 Å². The first-order valence-corrected chi connectivity index (χ1v) is 7.92. The molecule has 1 heterocycles. The van der Waals surface area contributed by atoms with Gasteiger partial charge in [0.2, 0.25) is 0 Å². The smallest absolute Gasteiger partial charge is 0.251 e. The molecule has 0 bridgehead atoms. The van der Waals surface area contributed by atoms with Crippen LogP contribution in [0, 0.1) is 0 Å². The van der Waals surface area contributed by atoms with Gasteiger partial charge in [0.1, 0.15) is 0 Å². The summed E-state index contributed by atoms with van der Waals surface area (Å²) < 4.78 is 31.5. The molecule has 0 saturated carbocycles. The fourth-order valence-corrected chi connectivity index (χ4v) is 3.47. The van der Waals surface area contributed by atoms with Gasteiger partial charge in [-0.2, -0.15) is 0 Å². The Morgan fingerprint density at radius 3 is 2.88 bits per heavy atom. The van der Waals surface area contributed by atoms with Gasteiger partial charge in [0.05, 0.1) is 6.20 Å². The van der Waals surface area contributed by atoms with Crippen molar-refractivity contribution >= 4 is 33.0 Å². The van der Waals surface area contributed by atoms with E-state index < -0.39 is 10.0 Å². The second-order valence-electron chi connectivity index (χ2n) is 3.30. The average molecular weight is 299 g/mol. The molecule has 0 radical (unpaired) electrons. The van der Waals surface area contributed by atoms with E-state index in [0.717, 1.165) is 17.8 Å². The summed E-state index contributed by atoms with van der Waals surface area (Å²) in [6.45, 7) is 3.63. The maximum atomic E-state index is 11.7. The fourth-order valence-electron chi connectivity index (χ4n) is 1.06. The molecule has 1 aromatic heterocycles. The standard InChI is InChI=1S/C9H15ClN2O3S2/c1-2-5-15-6-3-4-12-17(13,14)8-7-11-9(10)16-8/h7,12H,2-6H2,1H3. The average Bonchev–Trinajstić information content (AvgIpc) is 2.71. The largest absolute Gasteiger partial charge is 0.381 e. The molecule has 17 heavy (non-hydrogen) atoms. The molecule has 0 saturated heterocycles. The Kier molecular flexibility index (Phi) is 6.35. The third-order valence-electron chi connectivity index (χ3n) is 1.83. The van der Waals surface area contributed by atoms with Crippen molar-refractivity contribution in [3.63, 3.8) is 0 Å². The van der Waals surface area contributed by atoms with Crippen LogP contribution in [0.4, 0.5) is 0 Å². The molecule has 5 nitrogen and oxygen atoms in total. The topological polar surface area (TPSA) is 68.3 Å². The second-order valence-corrected chi connectivity index (χ2v) is 6.90. The lowest BCUT2D eigenvalue weighted by Gasteiger charge is -2.04. The Hall–Kier alpha value is -0.210. The lowest BCUT2D eigenvalue weighted by molar-refractivity contribution is 0.133. The highest BCUT2D eigenvalue weighted by Crippen LogP contribution is 2.21. The molecule has 0 spiro atoms. The number of hydrogen-bond acceptors (Lipinski definition) is 5. The molecule has 0 aliphatic heterocycles. The summed E-state index contributed by atoms with van der Waals surface area (Å²) in [5, 5.41) is 0. The molecule has 98 valence electrons. The van der Waals surface area contributed by atoms with Crippen molar-refractivity contribution in [1.82, 2.24) is 9.71 Å². The summed E-state index contributed by atoms with van der Waals surface area (Å²) in [5.41, 5.74) is 0. The SMILES string of the molecule is CCCOCCCNS(=O)(=O)c1cnc(Cl)s1. The number of nitrogens with zero attached hydrogens (tertiary/aromatic N) is 1. The molecule has 1 N–H and O–H groups in total. The Morgan fingerprint density at radius 1 is 1.53 bits per heavy atom. The summed E-state index contributed by atoms with van der Waals surface area (Å²) in [5.74, 6) is 0. The molecule has 0 aliphatic carbocycles. The van der Waals surface area contributed by atoms with Crippen LogP contribution in [0.25, 0.3) is 0 Å². The maximum Gasteiger partial charge on any atom is 0.251 e. The van der Waals surface area contributed by atoms with E-state index in [1.807, 2.05) is 6.92 Å². The number of hydrogen-bond donors (Lipinski definition) is 1. The molecule has 0 amide bonds. The van der Waals surface area contributed by atoms with Crippen LogP contribution in [-0.2, 0) is 14.8 Å². The molecular weight excluding hydrogens is 284 g/mol. The van der Waals surface area contributed by atoms with Crippen LogP contribution >= 0.6 is 22.9 Å². The van der Waals surface area contributed by atoms with Gasteiger partial charge >= 0.3 is 0 Å². The van der Waals surface area contributed by atoms with E-state index in [1.54, 1.807) is 0 Å². The zero-order valence-corrected chi connectivity index (χ0v) is 11.9. The molecule has 8 heteroatoms.